The largest absolute Gasteiger partial charge is 0.379 e. The van der Waals surface area contributed by atoms with Gasteiger partial charge in [0, 0.05) is 25.9 Å². The SMILES string of the molecule is COC(CNC(=O)c1ccn(C(C)C)n1)C1CC1. The summed E-state index contributed by atoms with van der Waals surface area (Å²) >= 11 is 0. The van der Waals surface area contributed by atoms with Crippen LogP contribution in [0, 0.1) is 5.92 Å². The minimum atomic E-state index is -0.128. The molecule has 1 unspecified atom stereocenters. The molecule has 1 N–H and O–H groups in total. The van der Waals surface area contributed by atoms with E-state index < -0.39 is 0 Å². The predicted molar refractivity (Wildman–Crippen MR) is 68.5 cm³/mol. The molecule has 0 aromatic carbocycles. The summed E-state index contributed by atoms with van der Waals surface area (Å²) in [5, 5.41) is 7.12. The molecule has 0 bridgehead atoms. The Morgan fingerprint density at radius 1 is 1.61 bits per heavy atom. The van der Waals surface area contributed by atoms with Crippen molar-refractivity contribution in [1.29, 1.82) is 0 Å². The summed E-state index contributed by atoms with van der Waals surface area (Å²) in [6.07, 6.45) is 4.38. The van der Waals surface area contributed by atoms with Gasteiger partial charge in [-0.1, -0.05) is 0 Å². The van der Waals surface area contributed by atoms with E-state index >= 15 is 0 Å². The summed E-state index contributed by atoms with van der Waals surface area (Å²) in [6.45, 7) is 4.63. The maximum absolute atomic E-state index is 11.9. The first-order valence-electron chi connectivity index (χ1n) is 6.48. The quantitative estimate of drug-likeness (QED) is 0.836. The number of hydrogen-bond donors (Lipinski definition) is 1. The van der Waals surface area contributed by atoms with Crippen molar-refractivity contribution in [3.63, 3.8) is 0 Å². The zero-order valence-corrected chi connectivity index (χ0v) is 11.2. The van der Waals surface area contributed by atoms with Crippen LogP contribution in [0.25, 0.3) is 0 Å². The Balaban J connectivity index is 1.86. The molecule has 5 heteroatoms. The topological polar surface area (TPSA) is 56.1 Å². The van der Waals surface area contributed by atoms with Gasteiger partial charge in [0.2, 0.25) is 0 Å². The van der Waals surface area contributed by atoms with Crippen molar-refractivity contribution in [2.45, 2.75) is 38.8 Å². The number of aromatic nitrogens is 2. The minimum absolute atomic E-state index is 0.128. The molecule has 100 valence electrons. The number of ether oxygens (including phenoxy) is 1. The van der Waals surface area contributed by atoms with Crippen molar-refractivity contribution in [3.8, 4) is 0 Å². The van der Waals surface area contributed by atoms with Crippen LogP contribution < -0.4 is 5.32 Å². The Hall–Kier alpha value is -1.36. The van der Waals surface area contributed by atoms with Crippen molar-refractivity contribution in [2.75, 3.05) is 13.7 Å². The van der Waals surface area contributed by atoms with Crippen LogP contribution in [0.4, 0.5) is 0 Å². The van der Waals surface area contributed by atoms with Gasteiger partial charge in [-0.3, -0.25) is 9.48 Å². The standard InChI is InChI=1S/C13H21N3O2/c1-9(2)16-7-6-11(15-16)13(17)14-8-12(18-3)10-4-5-10/h6-7,9-10,12H,4-5,8H2,1-3H3,(H,14,17). The molecule has 1 atom stereocenters. The fourth-order valence-corrected chi connectivity index (χ4v) is 1.94. The number of carbonyl (C=O) groups excluding carboxylic acids is 1. The van der Waals surface area contributed by atoms with Crippen LogP contribution in [0.3, 0.4) is 0 Å². The summed E-state index contributed by atoms with van der Waals surface area (Å²) < 4.78 is 7.14. The van der Waals surface area contributed by atoms with E-state index in [2.05, 4.69) is 10.4 Å². The van der Waals surface area contributed by atoms with Crippen LogP contribution in [0.5, 0.6) is 0 Å². The van der Waals surface area contributed by atoms with E-state index in [0.29, 0.717) is 18.2 Å². The second-order valence-corrected chi connectivity index (χ2v) is 5.10. The van der Waals surface area contributed by atoms with Gasteiger partial charge in [0.15, 0.2) is 0 Å². The zero-order chi connectivity index (χ0) is 13.1. The number of amides is 1. The molecule has 2 rings (SSSR count). The van der Waals surface area contributed by atoms with E-state index in [1.807, 2.05) is 20.0 Å². The van der Waals surface area contributed by atoms with E-state index in [0.717, 1.165) is 0 Å². The van der Waals surface area contributed by atoms with Gasteiger partial charge in [-0.05, 0) is 38.7 Å². The molecule has 0 spiro atoms. The van der Waals surface area contributed by atoms with Crippen molar-refractivity contribution in [1.82, 2.24) is 15.1 Å². The van der Waals surface area contributed by atoms with E-state index in [1.165, 1.54) is 12.8 Å². The summed E-state index contributed by atoms with van der Waals surface area (Å²) in [4.78, 5) is 11.9. The maximum atomic E-state index is 11.9. The lowest BCUT2D eigenvalue weighted by atomic mass is 10.2. The van der Waals surface area contributed by atoms with Crippen molar-refractivity contribution in [2.24, 2.45) is 5.92 Å². The van der Waals surface area contributed by atoms with Gasteiger partial charge in [0.1, 0.15) is 5.69 Å². The van der Waals surface area contributed by atoms with Crippen LogP contribution in [-0.2, 0) is 4.74 Å². The summed E-state index contributed by atoms with van der Waals surface area (Å²) in [5.41, 5.74) is 0.467. The highest BCUT2D eigenvalue weighted by molar-refractivity contribution is 5.92. The van der Waals surface area contributed by atoms with E-state index in [1.54, 1.807) is 17.9 Å². The Bertz CT molecular complexity index is 410. The molecule has 0 radical (unpaired) electrons. The molecule has 0 aliphatic heterocycles. The lowest BCUT2D eigenvalue weighted by Gasteiger charge is -2.14. The molecular weight excluding hydrogens is 230 g/mol. The first-order valence-corrected chi connectivity index (χ1v) is 6.48. The minimum Gasteiger partial charge on any atom is -0.379 e. The van der Waals surface area contributed by atoms with Gasteiger partial charge in [-0.2, -0.15) is 5.10 Å². The highest BCUT2D eigenvalue weighted by atomic mass is 16.5. The van der Waals surface area contributed by atoms with Crippen molar-refractivity contribution in [3.05, 3.63) is 18.0 Å². The molecule has 1 aromatic heterocycles. The van der Waals surface area contributed by atoms with Gasteiger partial charge in [-0.25, -0.2) is 0 Å². The Morgan fingerprint density at radius 2 is 2.33 bits per heavy atom. The fraction of sp³-hybridized carbons (Fsp3) is 0.692. The van der Waals surface area contributed by atoms with Crippen LogP contribution in [0.1, 0.15) is 43.2 Å². The Labute approximate surface area is 108 Å². The van der Waals surface area contributed by atoms with Gasteiger partial charge in [0.05, 0.1) is 6.10 Å². The molecule has 1 heterocycles. The number of rotatable bonds is 6. The van der Waals surface area contributed by atoms with Gasteiger partial charge < -0.3 is 10.1 Å². The van der Waals surface area contributed by atoms with Crippen molar-refractivity contribution < 1.29 is 9.53 Å². The molecule has 5 nitrogen and oxygen atoms in total. The molecule has 1 aromatic rings. The molecule has 1 aliphatic rings. The average molecular weight is 251 g/mol. The lowest BCUT2D eigenvalue weighted by Crippen LogP contribution is -2.34. The molecule has 18 heavy (non-hydrogen) atoms. The smallest absolute Gasteiger partial charge is 0.271 e. The van der Waals surface area contributed by atoms with Crippen LogP contribution in [0.15, 0.2) is 12.3 Å². The van der Waals surface area contributed by atoms with E-state index in [9.17, 15) is 4.79 Å². The fourth-order valence-electron chi connectivity index (χ4n) is 1.94. The van der Waals surface area contributed by atoms with E-state index in [-0.39, 0.29) is 18.1 Å². The molecule has 1 aliphatic carbocycles. The molecular formula is C13H21N3O2. The number of methoxy groups -OCH3 is 1. The summed E-state index contributed by atoms with van der Waals surface area (Å²) in [7, 11) is 1.70. The third-order valence-corrected chi connectivity index (χ3v) is 3.28. The number of nitrogens with zero attached hydrogens (tertiary/aromatic N) is 2. The van der Waals surface area contributed by atoms with Crippen LogP contribution >= 0.6 is 0 Å². The number of hydrogen-bond acceptors (Lipinski definition) is 3. The summed E-state index contributed by atoms with van der Waals surface area (Å²) in [5.74, 6) is 0.487. The monoisotopic (exact) mass is 251 g/mol. The first kappa shape index (κ1) is 13.1. The first-order chi connectivity index (χ1) is 8.61. The van der Waals surface area contributed by atoms with Gasteiger partial charge in [0.25, 0.3) is 5.91 Å². The zero-order valence-electron chi connectivity index (χ0n) is 11.2. The molecule has 1 fully saturated rings. The summed E-state index contributed by atoms with van der Waals surface area (Å²) in [6, 6.07) is 2.01. The van der Waals surface area contributed by atoms with Gasteiger partial charge in [-0.15, -0.1) is 0 Å². The lowest BCUT2D eigenvalue weighted by molar-refractivity contribution is 0.0738. The Morgan fingerprint density at radius 3 is 2.83 bits per heavy atom. The number of carbonyl (C=O) groups is 1. The molecule has 0 saturated heterocycles. The Kier molecular flexibility index (Phi) is 4.01. The highest BCUT2D eigenvalue weighted by Gasteiger charge is 2.31. The average Bonchev–Trinajstić information content (AvgIpc) is 3.05. The second-order valence-electron chi connectivity index (χ2n) is 5.10. The number of nitrogens with one attached hydrogen (secondary N) is 1. The third-order valence-electron chi connectivity index (χ3n) is 3.28. The predicted octanol–water partition coefficient (Wildman–Crippen LogP) is 1.62. The normalized spacial score (nSPS) is 16.9. The maximum Gasteiger partial charge on any atom is 0.271 e. The molecule has 1 saturated carbocycles. The third kappa shape index (κ3) is 3.10. The van der Waals surface area contributed by atoms with Gasteiger partial charge >= 0.3 is 0 Å². The second kappa shape index (κ2) is 5.52. The van der Waals surface area contributed by atoms with E-state index in [4.69, 9.17) is 4.74 Å². The van der Waals surface area contributed by atoms with Crippen LogP contribution in [-0.4, -0.2) is 35.4 Å². The van der Waals surface area contributed by atoms with Crippen LogP contribution in [0.2, 0.25) is 0 Å². The van der Waals surface area contributed by atoms with Crippen molar-refractivity contribution >= 4 is 5.91 Å². The highest BCUT2D eigenvalue weighted by Crippen LogP contribution is 2.33. The molecule has 1 amide bonds.